The highest BCUT2D eigenvalue weighted by Crippen LogP contribution is 2.63. The molecule has 0 heterocycles. The lowest BCUT2D eigenvalue weighted by Gasteiger charge is -2.57. The number of rotatable bonds is 6. The van der Waals surface area contributed by atoms with E-state index in [0.29, 0.717) is 22.6 Å². The van der Waals surface area contributed by atoms with Crippen molar-refractivity contribution in [2.75, 3.05) is 0 Å². The number of aromatic hydroxyl groups is 2. The van der Waals surface area contributed by atoms with Crippen LogP contribution in [0.25, 0.3) is 43.8 Å². The van der Waals surface area contributed by atoms with E-state index < -0.39 is 11.9 Å². The number of hydrogen-bond donors (Lipinski definition) is 4. The topological polar surface area (TPSA) is 115 Å². The van der Waals surface area contributed by atoms with Crippen molar-refractivity contribution in [2.24, 2.45) is 35.5 Å². The van der Waals surface area contributed by atoms with E-state index in [0.717, 1.165) is 90.4 Å². The number of carboxylic acids is 2. The molecule has 0 unspecified atom stereocenters. The summed E-state index contributed by atoms with van der Waals surface area (Å²) in [6.45, 7) is 0. The summed E-state index contributed by atoms with van der Waals surface area (Å²) < 4.78 is 0. The lowest BCUT2D eigenvalue weighted by Crippen LogP contribution is -2.48. The van der Waals surface area contributed by atoms with Gasteiger partial charge in [0, 0.05) is 11.1 Å². The van der Waals surface area contributed by atoms with Crippen molar-refractivity contribution in [2.45, 2.75) is 87.9 Å². The molecule has 8 saturated carbocycles. The Labute approximate surface area is 350 Å². The lowest BCUT2D eigenvalue weighted by atomic mass is 9.48. The van der Waals surface area contributed by atoms with E-state index >= 15 is 0 Å². The predicted octanol–water partition coefficient (Wildman–Crippen LogP) is 12.8. The zero-order chi connectivity index (χ0) is 40.9. The second-order valence-corrected chi connectivity index (χ2v) is 20.0. The fraction of sp³-hybridized carbons (Fsp3) is 0.370. The van der Waals surface area contributed by atoms with Crippen LogP contribution in [0.2, 0.25) is 0 Å². The first-order valence-corrected chi connectivity index (χ1v) is 22.2. The minimum Gasteiger partial charge on any atom is -0.508 e. The number of carbonyl (C=O) groups is 2. The summed E-state index contributed by atoms with van der Waals surface area (Å²) in [5, 5.41) is 44.3. The standard InChI is InChI=1S/2C27H26O3/c28-25-12-22-6-5-21(19-1-3-20(4-2-19)26(29)30)10-23(22)11-24(25)27-13-16-7-17(14-27)9-18(8-16)15-27;28-25-6-5-22(20-1-2-21-11-23(26(29)30)4-3-19(21)10-20)12-24(25)27-13-16-7-17(14-27)9-18(8-16)15-27/h2*1-6,10-12,16-18,28H,7-9,13-15H2,(H,29,30). The monoisotopic (exact) mass is 796 g/mol. The highest BCUT2D eigenvalue weighted by atomic mass is 16.4. The number of carboxylic acid groups (broad SMARTS) is 2. The van der Waals surface area contributed by atoms with Gasteiger partial charge in [0.25, 0.3) is 0 Å². The van der Waals surface area contributed by atoms with Crippen molar-refractivity contribution in [1.29, 1.82) is 0 Å². The fourth-order valence-electron chi connectivity index (χ4n) is 14.3. The number of aromatic carboxylic acids is 2. The Bertz CT molecular complexity index is 2640. The van der Waals surface area contributed by atoms with Crippen LogP contribution < -0.4 is 0 Å². The van der Waals surface area contributed by atoms with E-state index in [9.17, 15) is 24.9 Å². The Hall–Kier alpha value is -5.62. The molecule has 8 aliphatic rings. The molecule has 0 amide bonds. The first-order valence-electron chi connectivity index (χ1n) is 22.2. The number of hydrogen-bond acceptors (Lipinski definition) is 4. The maximum atomic E-state index is 11.2. The normalized spacial score (nSPS) is 29.4. The average Bonchev–Trinajstić information content (AvgIpc) is 3.22. The minimum absolute atomic E-state index is 0.155. The number of phenols is 2. The predicted molar refractivity (Wildman–Crippen MR) is 236 cm³/mol. The van der Waals surface area contributed by atoms with E-state index in [1.807, 2.05) is 48.5 Å². The summed E-state index contributed by atoms with van der Waals surface area (Å²) in [6, 6.07) is 35.0. The van der Waals surface area contributed by atoms with Crippen molar-refractivity contribution >= 4 is 33.5 Å². The summed E-state index contributed by atoms with van der Waals surface area (Å²) in [7, 11) is 0. The van der Waals surface area contributed by atoms with Crippen molar-refractivity contribution in [3.8, 4) is 33.8 Å². The average molecular weight is 797 g/mol. The van der Waals surface area contributed by atoms with Crippen molar-refractivity contribution in [3.05, 3.63) is 131 Å². The Balaban J connectivity index is 0.000000136. The second-order valence-electron chi connectivity index (χ2n) is 20.0. The molecule has 6 aromatic rings. The van der Waals surface area contributed by atoms with Gasteiger partial charge in [-0.2, -0.15) is 0 Å². The third-order valence-electron chi connectivity index (χ3n) is 16.1. The molecule has 0 spiro atoms. The van der Waals surface area contributed by atoms with Crippen LogP contribution in [0, 0.1) is 35.5 Å². The molecule has 8 fully saturated rings. The summed E-state index contributed by atoms with van der Waals surface area (Å²) >= 11 is 0. The summed E-state index contributed by atoms with van der Waals surface area (Å²) in [5.74, 6) is 4.13. The lowest BCUT2D eigenvalue weighted by molar-refractivity contribution is -0.00624. The molecule has 0 aliphatic heterocycles. The number of fused-ring (bicyclic) bond motifs is 2. The van der Waals surface area contributed by atoms with Gasteiger partial charge in [0.15, 0.2) is 0 Å². The summed E-state index contributed by atoms with van der Waals surface area (Å²) in [5.41, 5.74) is 7.55. The third kappa shape index (κ3) is 6.45. The molecule has 6 heteroatoms. The van der Waals surface area contributed by atoms with Crippen LogP contribution in [0.4, 0.5) is 0 Å². The highest BCUT2D eigenvalue weighted by Gasteiger charge is 2.53. The van der Waals surface area contributed by atoms with Gasteiger partial charge in [0.05, 0.1) is 11.1 Å². The van der Waals surface area contributed by atoms with E-state index in [1.165, 1.54) is 77.0 Å². The van der Waals surface area contributed by atoms with Gasteiger partial charge in [-0.3, -0.25) is 0 Å². The van der Waals surface area contributed by atoms with Gasteiger partial charge in [0.1, 0.15) is 11.5 Å². The molecule has 0 radical (unpaired) electrons. The molecule has 8 aliphatic carbocycles. The second kappa shape index (κ2) is 14.0. The molecule has 0 aromatic heterocycles. The maximum Gasteiger partial charge on any atom is 0.335 e. The molecule has 14 rings (SSSR count). The molecular formula is C54H52O6. The summed E-state index contributed by atoms with van der Waals surface area (Å²) in [4.78, 5) is 22.4. The van der Waals surface area contributed by atoms with Gasteiger partial charge in [-0.15, -0.1) is 0 Å². The molecule has 8 bridgehead atoms. The molecule has 4 N–H and O–H groups in total. The van der Waals surface area contributed by atoms with Crippen molar-refractivity contribution in [3.63, 3.8) is 0 Å². The van der Waals surface area contributed by atoms with E-state index in [2.05, 4.69) is 36.4 Å². The molecule has 0 atom stereocenters. The Kier molecular flexibility index (Phi) is 8.71. The molecule has 304 valence electrons. The van der Waals surface area contributed by atoms with E-state index in [1.54, 1.807) is 24.3 Å². The van der Waals surface area contributed by atoms with Gasteiger partial charge in [-0.1, -0.05) is 48.5 Å². The minimum atomic E-state index is -0.907. The molecule has 6 nitrogen and oxygen atoms in total. The maximum absolute atomic E-state index is 11.2. The smallest absolute Gasteiger partial charge is 0.335 e. The highest BCUT2D eigenvalue weighted by molar-refractivity contribution is 5.96. The van der Waals surface area contributed by atoms with Gasteiger partial charge in [-0.05, 0) is 228 Å². The van der Waals surface area contributed by atoms with E-state index in [4.69, 9.17) is 5.11 Å². The fourth-order valence-corrected chi connectivity index (χ4v) is 14.3. The summed E-state index contributed by atoms with van der Waals surface area (Å²) in [6.07, 6.45) is 15.7. The zero-order valence-corrected chi connectivity index (χ0v) is 33.9. The van der Waals surface area contributed by atoms with Crippen molar-refractivity contribution < 1.29 is 30.0 Å². The molecule has 60 heavy (non-hydrogen) atoms. The van der Waals surface area contributed by atoms with Crippen molar-refractivity contribution in [1.82, 2.24) is 0 Å². The molecule has 0 saturated heterocycles. The SMILES string of the molecule is O=C(O)c1ccc(-c2ccc3cc(O)c(C45CC6CC(CC(C6)C4)C5)cc3c2)cc1.O=C(O)c1ccc2cc(-c3ccc(O)c(C45CC6CC(CC(C6)C4)C5)c3)ccc2c1. The number of benzene rings is 6. The number of phenolic OH excluding ortho intramolecular Hbond substituents is 2. The van der Waals surface area contributed by atoms with Crippen LogP contribution in [0.5, 0.6) is 11.5 Å². The Morgan fingerprint density at radius 2 is 0.767 bits per heavy atom. The first-order chi connectivity index (χ1) is 29.0. The quantitative estimate of drug-likeness (QED) is 0.133. The van der Waals surface area contributed by atoms with Crippen LogP contribution in [0.3, 0.4) is 0 Å². The van der Waals surface area contributed by atoms with Crippen LogP contribution in [0.1, 0.15) is 109 Å². The third-order valence-corrected chi connectivity index (χ3v) is 16.1. The first kappa shape index (κ1) is 37.4. The van der Waals surface area contributed by atoms with Gasteiger partial charge in [0.2, 0.25) is 0 Å². The molecule has 6 aromatic carbocycles. The van der Waals surface area contributed by atoms with E-state index in [-0.39, 0.29) is 10.8 Å². The van der Waals surface area contributed by atoms with Gasteiger partial charge in [-0.25, -0.2) is 9.59 Å². The van der Waals surface area contributed by atoms with Crippen LogP contribution in [-0.4, -0.2) is 32.4 Å². The van der Waals surface area contributed by atoms with Crippen LogP contribution in [0.15, 0.2) is 109 Å². The van der Waals surface area contributed by atoms with Gasteiger partial charge >= 0.3 is 11.9 Å². The van der Waals surface area contributed by atoms with Crippen LogP contribution >= 0.6 is 0 Å². The largest absolute Gasteiger partial charge is 0.508 e. The van der Waals surface area contributed by atoms with Gasteiger partial charge < -0.3 is 20.4 Å². The zero-order valence-electron chi connectivity index (χ0n) is 33.9. The van der Waals surface area contributed by atoms with Crippen LogP contribution in [-0.2, 0) is 10.8 Å². The Morgan fingerprint density at radius 3 is 1.30 bits per heavy atom. The Morgan fingerprint density at radius 1 is 0.383 bits per heavy atom. The molecular weight excluding hydrogens is 745 g/mol.